The average Bonchev–Trinajstić information content (AvgIpc) is 3.35. The lowest BCUT2D eigenvalue weighted by Crippen LogP contribution is -2.35. The summed E-state index contributed by atoms with van der Waals surface area (Å²) in [7, 11) is 3.28. The Balaban J connectivity index is 0.00000417. The van der Waals surface area contributed by atoms with Crippen LogP contribution in [0.3, 0.4) is 0 Å². The molecule has 0 radical (unpaired) electrons. The smallest absolute Gasteiger partial charge is 0.265 e. The Morgan fingerprint density at radius 2 is 1.74 bits per heavy atom. The Bertz CT molecular complexity index is 1720. The Labute approximate surface area is 288 Å². The van der Waals surface area contributed by atoms with Gasteiger partial charge in [-0.3, -0.25) is 14.3 Å². The summed E-state index contributed by atoms with van der Waals surface area (Å²) < 4.78 is 39.2. The number of carbonyl (C=O) groups excluding carboxylic acids is 1. The second kappa shape index (κ2) is 14.7. The van der Waals surface area contributed by atoms with Crippen LogP contribution in [0.5, 0.6) is 11.5 Å². The first kappa shape index (κ1) is 34.8. The Kier molecular flexibility index (Phi) is 11.1. The van der Waals surface area contributed by atoms with Crippen molar-refractivity contribution in [2.24, 2.45) is 0 Å². The van der Waals surface area contributed by atoms with E-state index in [-0.39, 0.29) is 39.7 Å². The van der Waals surface area contributed by atoms with Gasteiger partial charge in [0.05, 0.1) is 40.4 Å². The third-order valence-corrected chi connectivity index (χ3v) is 9.65. The van der Waals surface area contributed by atoms with Gasteiger partial charge in [0, 0.05) is 81.4 Å². The largest absolute Gasteiger partial charge is 0.497 e. The number of hydrogen-bond donors (Lipinski definition) is 0. The van der Waals surface area contributed by atoms with E-state index in [9.17, 15) is 9.18 Å². The lowest BCUT2D eigenvalue weighted by molar-refractivity contribution is -0.0950. The Hall–Kier alpha value is -2.56. The van der Waals surface area contributed by atoms with Gasteiger partial charge in [-0.1, -0.05) is 34.8 Å². The predicted molar refractivity (Wildman–Crippen MR) is 181 cm³/mol. The number of benzene rings is 3. The fraction of sp³-hybridized carbons (Fsp3) is 0.382. The summed E-state index contributed by atoms with van der Waals surface area (Å²) in [6, 6.07) is 13.6. The zero-order chi connectivity index (χ0) is 31.7. The maximum atomic E-state index is 14.6. The topological polar surface area (TPSA) is 62.2 Å². The van der Waals surface area contributed by atoms with Gasteiger partial charge in [0.15, 0.2) is 0 Å². The Morgan fingerprint density at radius 3 is 2.43 bits per heavy atom. The molecule has 0 aliphatic carbocycles. The van der Waals surface area contributed by atoms with Crippen molar-refractivity contribution in [2.75, 3.05) is 47.1 Å². The summed E-state index contributed by atoms with van der Waals surface area (Å²) in [5.74, 6) is 0.539. The average molecular weight is 712 g/mol. The molecule has 2 aliphatic heterocycles. The third-order valence-electron chi connectivity index (χ3n) is 8.83. The van der Waals surface area contributed by atoms with Gasteiger partial charge in [-0.2, -0.15) is 0 Å². The molecule has 12 heteroatoms. The van der Waals surface area contributed by atoms with Crippen LogP contribution in [0.4, 0.5) is 4.39 Å². The molecule has 0 spiro atoms. The molecule has 1 fully saturated rings. The lowest BCUT2D eigenvalue weighted by atomic mass is 9.86. The second-order valence-corrected chi connectivity index (χ2v) is 12.7. The summed E-state index contributed by atoms with van der Waals surface area (Å²) in [5.41, 5.74) is 3.16. The van der Waals surface area contributed by atoms with Gasteiger partial charge in [0.1, 0.15) is 17.3 Å². The summed E-state index contributed by atoms with van der Waals surface area (Å²) in [4.78, 5) is 16.3. The number of halogens is 5. The monoisotopic (exact) mass is 710 g/mol. The highest BCUT2D eigenvalue weighted by molar-refractivity contribution is 6.42. The molecular formula is C34H35Cl4FN2O5. The number of fused-ring (bicyclic) bond motifs is 3. The van der Waals surface area contributed by atoms with Crippen molar-refractivity contribution in [1.29, 1.82) is 0 Å². The molecule has 0 amide bonds. The number of aromatic nitrogens is 1. The maximum absolute atomic E-state index is 14.6. The van der Waals surface area contributed by atoms with Gasteiger partial charge in [-0.25, -0.2) is 4.39 Å². The zero-order valence-corrected chi connectivity index (χ0v) is 28.6. The Morgan fingerprint density at radius 1 is 1.00 bits per heavy atom. The fourth-order valence-corrected chi connectivity index (χ4v) is 7.48. The van der Waals surface area contributed by atoms with Crippen molar-refractivity contribution in [2.45, 2.75) is 37.8 Å². The summed E-state index contributed by atoms with van der Waals surface area (Å²) >= 11 is 19.0. The molecule has 3 heterocycles. The van der Waals surface area contributed by atoms with E-state index in [1.54, 1.807) is 18.8 Å². The normalized spacial score (nSPS) is 16.1. The van der Waals surface area contributed by atoms with Crippen molar-refractivity contribution in [1.82, 2.24) is 9.47 Å². The minimum Gasteiger partial charge on any atom is -0.497 e. The number of methoxy groups -OCH3 is 2. The van der Waals surface area contributed by atoms with Crippen LogP contribution >= 0.6 is 47.2 Å². The zero-order valence-electron chi connectivity index (χ0n) is 25.5. The van der Waals surface area contributed by atoms with E-state index in [4.69, 9.17) is 53.8 Å². The number of nitrogens with zero attached hydrogens (tertiary/aromatic N) is 2. The van der Waals surface area contributed by atoms with Gasteiger partial charge >= 0.3 is 0 Å². The van der Waals surface area contributed by atoms with E-state index in [1.165, 1.54) is 24.3 Å². The van der Waals surface area contributed by atoms with Crippen LogP contribution in [-0.2, 0) is 28.0 Å². The van der Waals surface area contributed by atoms with Gasteiger partial charge in [-0.15, -0.1) is 12.4 Å². The molecule has 7 nitrogen and oxygen atoms in total. The fourth-order valence-electron chi connectivity index (χ4n) is 6.50. The van der Waals surface area contributed by atoms with Crippen LogP contribution in [0.15, 0.2) is 48.5 Å². The molecule has 1 saturated heterocycles. The molecule has 4 aromatic rings. The number of hydrogen-bond acceptors (Lipinski definition) is 6. The second-order valence-electron chi connectivity index (χ2n) is 11.4. The molecule has 6 rings (SSSR count). The first-order chi connectivity index (χ1) is 21.7. The quantitative estimate of drug-likeness (QED) is 0.163. The summed E-state index contributed by atoms with van der Waals surface area (Å²) in [5, 5.41) is 1.71. The van der Waals surface area contributed by atoms with Crippen molar-refractivity contribution < 1.29 is 28.1 Å². The number of rotatable bonds is 9. The van der Waals surface area contributed by atoms with Crippen LogP contribution in [-0.4, -0.2) is 62.5 Å². The molecule has 0 unspecified atom stereocenters. The molecule has 3 aromatic carbocycles. The molecule has 0 saturated carbocycles. The van der Waals surface area contributed by atoms with Gasteiger partial charge in [-0.05, 0) is 60.0 Å². The first-order valence-electron chi connectivity index (χ1n) is 14.9. The van der Waals surface area contributed by atoms with E-state index in [0.29, 0.717) is 62.1 Å². The van der Waals surface area contributed by atoms with Crippen LogP contribution in [0, 0.1) is 5.82 Å². The molecule has 246 valence electrons. The van der Waals surface area contributed by atoms with Crippen molar-refractivity contribution in [3.8, 4) is 11.5 Å². The highest BCUT2D eigenvalue weighted by Crippen LogP contribution is 2.39. The minimum atomic E-state index is -0.572. The number of carbonyl (C=O) groups is 1. The molecule has 0 atom stereocenters. The van der Waals surface area contributed by atoms with Gasteiger partial charge < -0.3 is 18.9 Å². The van der Waals surface area contributed by atoms with Crippen LogP contribution in [0.1, 0.15) is 46.4 Å². The highest BCUT2D eigenvalue weighted by Gasteiger charge is 2.35. The van der Waals surface area contributed by atoms with E-state index in [0.717, 1.165) is 47.2 Å². The third kappa shape index (κ3) is 6.85. The maximum Gasteiger partial charge on any atom is 0.265 e. The number of ether oxygens (including phenoxy) is 4. The van der Waals surface area contributed by atoms with Gasteiger partial charge in [0.2, 0.25) is 0 Å². The van der Waals surface area contributed by atoms with E-state index in [1.807, 2.05) is 24.3 Å². The minimum absolute atomic E-state index is 0. The lowest BCUT2D eigenvalue weighted by Gasteiger charge is -2.36. The van der Waals surface area contributed by atoms with Crippen LogP contribution < -0.4 is 9.47 Å². The predicted octanol–water partition coefficient (Wildman–Crippen LogP) is 8.34. The molecule has 46 heavy (non-hydrogen) atoms. The molecule has 2 aliphatic rings. The molecular weight excluding hydrogens is 677 g/mol. The first-order valence-corrected chi connectivity index (χ1v) is 16.0. The van der Waals surface area contributed by atoms with E-state index >= 15 is 0 Å². The molecule has 0 bridgehead atoms. The van der Waals surface area contributed by atoms with Crippen LogP contribution in [0.2, 0.25) is 15.1 Å². The summed E-state index contributed by atoms with van der Waals surface area (Å²) in [6.45, 7) is 3.72. The van der Waals surface area contributed by atoms with Crippen molar-refractivity contribution >= 4 is 64.0 Å². The standard InChI is InChI=1S/C34H34Cl3FN2O5.ClH/c1-42-24-4-5-30-26(19-24)27-20-39(10-6-31(27)40(30)33(41)32-28(36)16-22(35)17-29(32)37)9-3-11-45-25-15-21(14-23(38)18-25)34(43-2)7-12-44-13-8-34;/h4-5,14-19H,3,6-13,20H2,1-2H3;1H. The van der Waals surface area contributed by atoms with Crippen molar-refractivity contribution in [3.63, 3.8) is 0 Å². The van der Waals surface area contributed by atoms with Crippen molar-refractivity contribution in [3.05, 3.63) is 91.8 Å². The van der Waals surface area contributed by atoms with Crippen LogP contribution in [0.25, 0.3) is 10.9 Å². The summed E-state index contributed by atoms with van der Waals surface area (Å²) in [6.07, 6.45) is 2.72. The molecule has 0 N–H and O–H groups in total. The molecule has 1 aromatic heterocycles. The van der Waals surface area contributed by atoms with E-state index in [2.05, 4.69) is 4.90 Å². The van der Waals surface area contributed by atoms with E-state index < -0.39 is 5.60 Å². The SMILES string of the molecule is COc1ccc2c(c1)c1c(n2C(=O)c2c(Cl)cc(Cl)cc2Cl)CCN(CCCOc2cc(F)cc(C3(OC)CCOCC3)c2)C1.Cl. The highest BCUT2D eigenvalue weighted by atomic mass is 35.5. The van der Waals surface area contributed by atoms with Gasteiger partial charge in [0.25, 0.3) is 5.91 Å².